The highest BCUT2D eigenvalue weighted by atomic mass is 79.9. The fourth-order valence-corrected chi connectivity index (χ4v) is 1.97. The molecule has 8 heteroatoms. The molecule has 0 aromatic heterocycles. The maximum atomic E-state index is 12.9. The Kier molecular flexibility index (Phi) is 7.13. The van der Waals surface area contributed by atoms with Gasteiger partial charge in [0.2, 0.25) is 0 Å². The van der Waals surface area contributed by atoms with E-state index in [1.807, 2.05) is 0 Å². The van der Waals surface area contributed by atoms with Gasteiger partial charge in [-0.25, -0.2) is 0 Å². The molecule has 21 heavy (non-hydrogen) atoms. The summed E-state index contributed by atoms with van der Waals surface area (Å²) in [5.41, 5.74) is -1.34. The molecule has 0 atom stereocenters. The molecule has 0 unspecified atom stereocenters. The molecule has 1 rings (SSSR count). The maximum Gasteiger partial charge on any atom is 0.417 e. The van der Waals surface area contributed by atoms with Crippen LogP contribution in [0.1, 0.15) is 15.9 Å². The lowest BCUT2D eigenvalue weighted by Gasteiger charge is -2.13. The minimum Gasteiger partial charge on any atom is -0.383 e. The summed E-state index contributed by atoms with van der Waals surface area (Å²) < 4.78 is 43.8. The number of hydrogen-bond donors (Lipinski definition) is 2. The second-order valence-corrected chi connectivity index (χ2v) is 5.10. The van der Waals surface area contributed by atoms with Crippen LogP contribution in [0, 0.1) is 0 Å². The number of hydrogen-bond acceptors (Lipinski definition) is 3. The summed E-state index contributed by atoms with van der Waals surface area (Å²) in [6.45, 7) is 1.82. The zero-order valence-corrected chi connectivity index (χ0v) is 13.0. The molecule has 1 aromatic rings. The third-order valence-corrected chi connectivity index (χ3v) is 3.10. The van der Waals surface area contributed by atoms with Crippen LogP contribution in [0.25, 0.3) is 0 Å². The Balaban J connectivity index is 2.62. The zero-order valence-electron chi connectivity index (χ0n) is 11.4. The molecule has 118 valence electrons. The Morgan fingerprint density at radius 3 is 2.62 bits per heavy atom. The molecule has 0 fully saturated rings. The van der Waals surface area contributed by atoms with E-state index < -0.39 is 17.6 Å². The monoisotopic (exact) mass is 368 g/mol. The van der Waals surface area contributed by atoms with Crippen molar-refractivity contribution in [2.45, 2.75) is 6.18 Å². The number of halogens is 4. The van der Waals surface area contributed by atoms with Gasteiger partial charge in [-0.2, -0.15) is 13.2 Å². The Morgan fingerprint density at radius 2 is 2.00 bits per heavy atom. The molecule has 0 aliphatic carbocycles. The van der Waals surface area contributed by atoms with Crippen LogP contribution in [0.15, 0.2) is 22.7 Å². The molecule has 0 bridgehead atoms. The van der Waals surface area contributed by atoms with Crippen molar-refractivity contribution in [3.05, 3.63) is 33.8 Å². The number of amides is 1. The van der Waals surface area contributed by atoms with Crippen LogP contribution in [0.5, 0.6) is 0 Å². The summed E-state index contributed by atoms with van der Waals surface area (Å²) in [5, 5.41) is 5.43. The number of benzene rings is 1. The molecule has 0 heterocycles. The van der Waals surface area contributed by atoms with Crippen LogP contribution in [0.3, 0.4) is 0 Å². The predicted molar refractivity (Wildman–Crippen MR) is 76.2 cm³/mol. The van der Waals surface area contributed by atoms with E-state index >= 15 is 0 Å². The number of carbonyl (C=O) groups is 1. The van der Waals surface area contributed by atoms with Crippen molar-refractivity contribution in [2.75, 3.05) is 33.4 Å². The predicted octanol–water partition coefficient (Wildman–Crippen LogP) is 2.43. The van der Waals surface area contributed by atoms with Crippen molar-refractivity contribution in [1.29, 1.82) is 0 Å². The third kappa shape index (κ3) is 6.03. The molecule has 4 nitrogen and oxygen atoms in total. The summed E-state index contributed by atoms with van der Waals surface area (Å²) in [6, 6.07) is 3.45. The van der Waals surface area contributed by atoms with E-state index in [9.17, 15) is 18.0 Å². The average molecular weight is 369 g/mol. The largest absolute Gasteiger partial charge is 0.417 e. The number of ether oxygens (including phenoxy) is 1. The lowest BCUT2D eigenvalue weighted by Crippen LogP contribution is -2.34. The topological polar surface area (TPSA) is 50.4 Å². The minimum absolute atomic E-state index is 0.232. The summed E-state index contributed by atoms with van der Waals surface area (Å²) >= 11 is 2.97. The quantitative estimate of drug-likeness (QED) is 0.726. The lowest BCUT2D eigenvalue weighted by molar-refractivity contribution is -0.138. The maximum absolute atomic E-state index is 12.9. The first-order valence-electron chi connectivity index (χ1n) is 6.21. The molecule has 0 radical (unpaired) electrons. The van der Waals surface area contributed by atoms with Gasteiger partial charge in [-0.1, -0.05) is 15.9 Å². The Labute approximate surface area is 129 Å². The van der Waals surface area contributed by atoms with Gasteiger partial charge in [-0.3, -0.25) is 4.79 Å². The van der Waals surface area contributed by atoms with Gasteiger partial charge in [0.15, 0.2) is 0 Å². The molecule has 0 saturated carbocycles. The number of nitrogens with one attached hydrogen (secondary N) is 2. The SMILES string of the molecule is COCCNCCNC(=O)c1ccc(Br)cc1C(F)(F)F. The van der Waals surface area contributed by atoms with Gasteiger partial charge in [0, 0.05) is 31.2 Å². The van der Waals surface area contributed by atoms with Crippen LogP contribution >= 0.6 is 15.9 Å². The first-order valence-corrected chi connectivity index (χ1v) is 7.00. The van der Waals surface area contributed by atoms with E-state index in [1.54, 1.807) is 7.11 Å². The Morgan fingerprint density at radius 1 is 1.29 bits per heavy atom. The second-order valence-electron chi connectivity index (χ2n) is 4.19. The molecular weight excluding hydrogens is 353 g/mol. The molecule has 0 spiro atoms. The van der Waals surface area contributed by atoms with E-state index in [0.29, 0.717) is 19.7 Å². The minimum atomic E-state index is -4.58. The van der Waals surface area contributed by atoms with Crippen LogP contribution in [0.2, 0.25) is 0 Å². The number of methoxy groups -OCH3 is 1. The molecule has 0 aliphatic rings. The van der Waals surface area contributed by atoms with Crippen LogP contribution in [-0.2, 0) is 10.9 Å². The number of carbonyl (C=O) groups excluding carboxylic acids is 1. The van der Waals surface area contributed by atoms with Crippen molar-refractivity contribution in [2.24, 2.45) is 0 Å². The Hall–Kier alpha value is -1.12. The van der Waals surface area contributed by atoms with Crippen molar-refractivity contribution in [3.63, 3.8) is 0 Å². The first kappa shape index (κ1) is 17.9. The lowest BCUT2D eigenvalue weighted by atomic mass is 10.1. The summed E-state index contributed by atoms with van der Waals surface area (Å²) in [4.78, 5) is 11.8. The molecule has 1 amide bonds. The fourth-order valence-electron chi connectivity index (χ4n) is 1.61. The van der Waals surface area contributed by atoms with Gasteiger partial charge in [0.05, 0.1) is 17.7 Å². The van der Waals surface area contributed by atoms with Crippen LogP contribution in [-0.4, -0.2) is 39.3 Å². The average Bonchev–Trinajstić information content (AvgIpc) is 2.41. The van der Waals surface area contributed by atoms with E-state index in [1.165, 1.54) is 6.07 Å². The van der Waals surface area contributed by atoms with E-state index in [0.717, 1.165) is 12.1 Å². The van der Waals surface area contributed by atoms with Crippen LogP contribution < -0.4 is 10.6 Å². The highest BCUT2D eigenvalue weighted by Gasteiger charge is 2.35. The zero-order chi connectivity index (χ0) is 15.9. The standard InChI is InChI=1S/C13H16BrF3N2O2/c1-21-7-6-18-4-5-19-12(20)10-3-2-9(14)8-11(10)13(15,16)17/h2-3,8,18H,4-7H2,1H3,(H,19,20). The highest BCUT2D eigenvalue weighted by molar-refractivity contribution is 9.10. The molecule has 0 aliphatic heterocycles. The van der Waals surface area contributed by atoms with Gasteiger partial charge in [-0.05, 0) is 18.2 Å². The van der Waals surface area contributed by atoms with E-state index in [4.69, 9.17) is 4.74 Å². The van der Waals surface area contributed by atoms with Gasteiger partial charge in [-0.15, -0.1) is 0 Å². The third-order valence-electron chi connectivity index (χ3n) is 2.60. The van der Waals surface area contributed by atoms with Crippen molar-refractivity contribution < 1.29 is 22.7 Å². The van der Waals surface area contributed by atoms with Gasteiger partial charge >= 0.3 is 6.18 Å². The van der Waals surface area contributed by atoms with Crippen molar-refractivity contribution in [3.8, 4) is 0 Å². The molecule has 0 saturated heterocycles. The van der Waals surface area contributed by atoms with Crippen molar-refractivity contribution >= 4 is 21.8 Å². The van der Waals surface area contributed by atoms with Gasteiger partial charge < -0.3 is 15.4 Å². The summed E-state index contributed by atoms with van der Waals surface area (Å²) in [6.07, 6.45) is -4.58. The van der Waals surface area contributed by atoms with E-state index in [-0.39, 0.29) is 16.6 Å². The molecular formula is C13H16BrF3N2O2. The van der Waals surface area contributed by atoms with Crippen LogP contribution in [0.4, 0.5) is 13.2 Å². The molecule has 1 aromatic carbocycles. The smallest absolute Gasteiger partial charge is 0.383 e. The summed E-state index contributed by atoms with van der Waals surface area (Å²) in [5.74, 6) is -0.747. The highest BCUT2D eigenvalue weighted by Crippen LogP contribution is 2.33. The second kappa shape index (κ2) is 8.35. The normalized spacial score (nSPS) is 11.5. The number of alkyl halides is 3. The van der Waals surface area contributed by atoms with Gasteiger partial charge in [0.1, 0.15) is 0 Å². The van der Waals surface area contributed by atoms with Crippen molar-refractivity contribution in [1.82, 2.24) is 10.6 Å². The molecule has 2 N–H and O–H groups in total. The number of rotatable bonds is 7. The first-order chi connectivity index (χ1) is 9.86. The van der Waals surface area contributed by atoms with Gasteiger partial charge in [0.25, 0.3) is 5.91 Å². The fraction of sp³-hybridized carbons (Fsp3) is 0.462. The Bertz CT molecular complexity index is 481. The van der Waals surface area contributed by atoms with E-state index in [2.05, 4.69) is 26.6 Å². The summed E-state index contributed by atoms with van der Waals surface area (Å²) in [7, 11) is 1.57.